The highest BCUT2D eigenvalue weighted by atomic mass is 16.5. The molecule has 0 aromatic heterocycles. The van der Waals surface area contributed by atoms with Crippen LogP contribution in [-0.2, 0) is 9.53 Å². The molecule has 1 heterocycles. The van der Waals surface area contributed by atoms with Crippen molar-refractivity contribution in [2.75, 3.05) is 7.11 Å². The molecule has 1 unspecified atom stereocenters. The number of ether oxygens (including phenoxy) is 1. The fourth-order valence-electron chi connectivity index (χ4n) is 1.77. The highest BCUT2D eigenvalue weighted by Gasteiger charge is 2.32. The van der Waals surface area contributed by atoms with Crippen LogP contribution < -0.4 is 5.32 Å². The first-order chi connectivity index (χ1) is 7.65. The molecular formula is C12H11NO3. The second kappa shape index (κ2) is 3.81. The highest BCUT2D eigenvalue weighted by molar-refractivity contribution is 6.02. The van der Waals surface area contributed by atoms with Crippen LogP contribution >= 0.6 is 0 Å². The number of nitrogens with one attached hydrogen (secondary N) is 1. The van der Waals surface area contributed by atoms with Gasteiger partial charge in [-0.1, -0.05) is 24.8 Å². The molecule has 0 radical (unpaired) electrons. The molecule has 0 aliphatic carbocycles. The van der Waals surface area contributed by atoms with Crippen LogP contribution in [0.1, 0.15) is 22.0 Å². The monoisotopic (exact) mass is 217 g/mol. The topological polar surface area (TPSA) is 55.4 Å². The third-order valence-electron chi connectivity index (χ3n) is 2.59. The number of carbonyl (C=O) groups excluding carboxylic acids is 2. The van der Waals surface area contributed by atoms with Crippen molar-refractivity contribution < 1.29 is 14.3 Å². The maximum atomic E-state index is 11.6. The summed E-state index contributed by atoms with van der Waals surface area (Å²) in [5, 5.41) is 2.70. The molecule has 1 N–H and O–H groups in total. The Bertz CT molecular complexity index is 479. The van der Waals surface area contributed by atoms with Gasteiger partial charge in [0.15, 0.2) is 0 Å². The lowest BCUT2D eigenvalue weighted by molar-refractivity contribution is -0.136. The summed E-state index contributed by atoms with van der Waals surface area (Å²) >= 11 is 0. The van der Waals surface area contributed by atoms with Gasteiger partial charge in [-0.3, -0.25) is 4.79 Å². The van der Waals surface area contributed by atoms with E-state index in [-0.39, 0.29) is 11.5 Å². The lowest BCUT2D eigenvalue weighted by Gasteiger charge is -2.12. The molecule has 2 rings (SSSR count). The van der Waals surface area contributed by atoms with Gasteiger partial charge in [-0.25, -0.2) is 4.79 Å². The number of rotatable bonds is 2. The number of benzene rings is 1. The molecule has 1 aromatic rings. The number of hydrogen-bond acceptors (Lipinski definition) is 3. The van der Waals surface area contributed by atoms with Gasteiger partial charge in [0.1, 0.15) is 0 Å². The van der Waals surface area contributed by atoms with E-state index in [1.165, 1.54) is 7.11 Å². The van der Waals surface area contributed by atoms with Crippen molar-refractivity contribution in [3.05, 3.63) is 47.5 Å². The largest absolute Gasteiger partial charge is 0.466 e. The van der Waals surface area contributed by atoms with Gasteiger partial charge < -0.3 is 10.1 Å². The Morgan fingerprint density at radius 1 is 1.44 bits per heavy atom. The summed E-state index contributed by atoms with van der Waals surface area (Å²) < 4.78 is 4.58. The summed E-state index contributed by atoms with van der Waals surface area (Å²) in [5.74, 6) is -0.701. The van der Waals surface area contributed by atoms with Crippen LogP contribution in [-0.4, -0.2) is 19.0 Å². The second-order valence-corrected chi connectivity index (χ2v) is 3.51. The molecule has 4 nitrogen and oxygen atoms in total. The fourth-order valence-corrected chi connectivity index (χ4v) is 1.77. The van der Waals surface area contributed by atoms with Crippen molar-refractivity contribution in [1.29, 1.82) is 0 Å². The number of amides is 1. The predicted octanol–water partition coefficient (Wildman–Crippen LogP) is 1.20. The van der Waals surface area contributed by atoms with Crippen molar-refractivity contribution in [3.8, 4) is 0 Å². The van der Waals surface area contributed by atoms with E-state index in [2.05, 4.69) is 16.6 Å². The smallest absolute Gasteiger partial charge is 0.335 e. The van der Waals surface area contributed by atoms with Gasteiger partial charge in [0.05, 0.1) is 18.7 Å². The van der Waals surface area contributed by atoms with E-state index in [1.807, 2.05) is 6.07 Å². The summed E-state index contributed by atoms with van der Waals surface area (Å²) in [7, 11) is 1.29. The maximum Gasteiger partial charge on any atom is 0.335 e. The van der Waals surface area contributed by atoms with Crippen LogP contribution in [0.2, 0.25) is 0 Å². The van der Waals surface area contributed by atoms with Gasteiger partial charge in [0.25, 0.3) is 5.91 Å². The molecule has 82 valence electrons. The second-order valence-electron chi connectivity index (χ2n) is 3.51. The third kappa shape index (κ3) is 1.48. The van der Waals surface area contributed by atoms with Crippen LogP contribution in [0.4, 0.5) is 0 Å². The first-order valence-corrected chi connectivity index (χ1v) is 4.82. The summed E-state index contributed by atoms with van der Waals surface area (Å²) in [4.78, 5) is 22.9. The molecule has 16 heavy (non-hydrogen) atoms. The average Bonchev–Trinajstić information content (AvgIpc) is 2.65. The van der Waals surface area contributed by atoms with E-state index in [9.17, 15) is 9.59 Å². The first-order valence-electron chi connectivity index (χ1n) is 4.82. The van der Waals surface area contributed by atoms with Crippen molar-refractivity contribution >= 4 is 11.9 Å². The minimum absolute atomic E-state index is 0.189. The Hall–Kier alpha value is -2.10. The summed E-state index contributed by atoms with van der Waals surface area (Å²) in [6, 6.07) is 6.63. The SMILES string of the molecule is C=C(C(=O)OC)C1NC(=O)c2ccccc21. The minimum Gasteiger partial charge on any atom is -0.466 e. The lowest BCUT2D eigenvalue weighted by atomic mass is 10.00. The Morgan fingerprint density at radius 2 is 2.12 bits per heavy atom. The fraction of sp³-hybridized carbons (Fsp3) is 0.167. The van der Waals surface area contributed by atoms with Crippen molar-refractivity contribution in [3.63, 3.8) is 0 Å². The van der Waals surface area contributed by atoms with Crippen LogP contribution in [0.15, 0.2) is 36.4 Å². The molecule has 1 aliphatic rings. The Kier molecular flexibility index (Phi) is 2.48. The maximum absolute atomic E-state index is 11.6. The van der Waals surface area contributed by atoms with Crippen molar-refractivity contribution in [2.45, 2.75) is 6.04 Å². The number of esters is 1. The van der Waals surface area contributed by atoms with Gasteiger partial charge in [-0.15, -0.1) is 0 Å². The van der Waals surface area contributed by atoms with E-state index in [0.717, 1.165) is 5.56 Å². The molecule has 0 saturated carbocycles. The normalized spacial score (nSPS) is 17.6. The standard InChI is InChI=1S/C12H11NO3/c1-7(12(15)16-2)10-8-5-3-4-6-9(8)11(14)13-10/h3-6,10H,1H2,2H3,(H,13,14). The van der Waals surface area contributed by atoms with E-state index in [0.29, 0.717) is 5.56 Å². The number of carbonyl (C=O) groups is 2. The summed E-state index contributed by atoms with van der Waals surface area (Å²) in [6.07, 6.45) is 0. The van der Waals surface area contributed by atoms with Crippen molar-refractivity contribution in [2.24, 2.45) is 0 Å². The molecule has 1 aromatic carbocycles. The Morgan fingerprint density at radius 3 is 2.81 bits per heavy atom. The Balaban J connectivity index is 2.38. The van der Waals surface area contributed by atoms with Gasteiger partial charge in [0, 0.05) is 5.56 Å². The predicted molar refractivity (Wildman–Crippen MR) is 57.8 cm³/mol. The van der Waals surface area contributed by atoms with Gasteiger partial charge in [-0.05, 0) is 11.6 Å². The van der Waals surface area contributed by atoms with E-state index < -0.39 is 12.0 Å². The minimum atomic E-state index is -0.512. The van der Waals surface area contributed by atoms with Crippen LogP contribution in [0.5, 0.6) is 0 Å². The molecule has 0 bridgehead atoms. The average molecular weight is 217 g/mol. The molecule has 1 aliphatic heterocycles. The van der Waals surface area contributed by atoms with Crippen LogP contribution in [0, 0.1) is 0 Å². The van der Waals surface area contributed by atoms with Gasteiger partial charge in [-0.2, -0.15) is 0 Å². The van der Waals surface area contributed by atoms with Gasteiger partial charge in [0.2, 0.25) is 0 Å². The zero-order chi connectivity index (χ0) is 11.7. The van der Waals surface area contributed by atoms with E-state index in [4.69, 9.17) is 0 Å². The van der Waals surface area contributed by atoms with Crippen LogP contribution in [0.25, 0.3) is 0 Å². The molecule has 4 heteroatoms. The molecule has 1 amide bonds. The number of methoxy groups -OCH3 is 1. The Labute approximate surface area is 92.9 Å². The molecule has 0 saturated heterocycles. The van der Waals surface area contributed by atoms with Gasteiger partial charge >= 0.3 is 5.97 Å². The van der Waals surface area contributed by atoms with Crippen molar-refractivity contribution in [1.82, 2.24) is 5.32 Å². The third-order valence-corrected chi connectivity index (χ3v) is 2.59. The molecule has 0 fully saturated rings. The van der Waals surface area contributed by atoms with E-state index in [1.54, 1.807) is 18.2 Å². The van der Waals surface area contributed by atoms with Crippen LogP contribution in [0.3, 0.4) is 0 Å². The summed E-state index contributed by atoms with van der Waals surface area (Å²) in [5.41, 5.74) is 1.58. The van der Waals surface area contributed by atoms with E-state index >= 15 is 0 Å². The highest BCUT2D eigenvalue weighted by Crippen LogP contribution is 2.30. The molecule has 0 spiro atoms. The zero-order valence-corrected chi connectivity index (χ0v) is 8.82. The lowest BCUT2D eigenvalue weighted by Crippen LogP contribution is -2.24. The molecular weight excluding hydrogens is 206 g/mol. The first kappa shape index (κ1) is 10.4. The quantitative estimate of drug-likeness (QED) is 0.598. The summed E-state index contributed by atoms with van der Waals surface area (Å²) in [6.45, 7) is 3.65. The number of hydrogen-bond donors (Lipinski definition) is 1. The molecule has 1 atom stereocenters. The zero-order valence-electron chi connectivity index (χ0n) is 8.82. The number of fused-ring (bicyclic) bond motifs is 1.